The number of aliphatic hydroxyl groups excluding tert-OH is 1. The molecule has 0 atom stereocenters. The molecule has 0 aliphatic carbocycles. The van der Waals surface area contributed by atoms with Gasteiger partial charge < -0.3 is 29.8 Å². The third-order valence-electron chi connectivity index (χ3n) is 2.31. The summed E-state index contributed by atoms with van der Waals surface area (Å²) in [4.78, 5) is 0. The zero-order valence-electron chi connectivity index (χ0n) is 11.6. The van der Waals surface area contributed by atoms with Gasteiger partial charge in [-0.2, -0.15) is 0 Å². The van der Waals surface area contributed by atoms with Crippen molar-refractivity contribution in [2.45, 2.75) is 0 Å². The van der Waals surface area contributed by atoms with Crippen molar-refractivity contribution in [3.8, 4) is 11.5 Å². The summed E-state index contributed by atoms with van der Waals surface area (Å²) >= 11 is 0. The van der Waals surface area contributed by atoms with Gasteiger partial charge in [0.2, 0.25) is 0 Å². The lowest BCUT2D eigenvalue weighted by Gasteiger charge is -2.09. The van der Waals surface area contributed by atoms with Gasteiger partial charge in [0.1, 0.15) is 24.7 Å². The van der Waals surface area contributed by atoms with Gasteiger partial charge in [0.15, 0.2) is 0 Å². The van der Waals surface area contributed by atoms with Crippen LogP contribution in [-0.4, -0.2) is 57.9 Å². The largest absolute Gasteiger partial charge is 0.491 e. The van der Waals surface area contributed by atoms with Crippen LogP contribution in [0.4, 0.5) is 0 Å². The molecule has 114 valence electrons. The predicted molar refractivity (Wildman–Crippen MR) is 75.2 cm³/mol. The van der Waals surface area contributed by atoms with Crippen LogP contribution in [-0.2, 0) is 9.47 Å². The first-order valence-corrected chi connectivity index (χ1v) is 6.69. The molecule has 20 heavy (non-hydrogen) atoms. The number of hydrogen-bond acceptors (Lipinski definition) is 6. The number of rotatable bonds is 12. The van der Waals surface area contributed by atoms with Crippen molar-refractivity contribution in [3.05, 3.63) is 24.3 Å². The van der Waals surface area contributed by atoms with Crippen molar-refractivity contribution in [3.63, 3.8) is 0 Å². The molecule has 0 saturated heterocycles. The lowest BCUT2D eigenvalue weighted by molar-refractivity contribution is 0.0705. The van der Waals surface area contributed by atoms with E-state index in [0.29, 0.717) is 46.2 Å². The summed E-state index contributed by atoms with van der Waals surface area (Å²) in [6.45, 7) is 3.36. The highest BCUT2D eigenvalue weighted by atomic mass is 16.5. The smallest absolute Gasteiger partial charge is 0.119 e. The van der Waals surface area contributed by atoms with Gasteiger partial charge in [-0.15, -0.1) is 0 Å². The van der Waals surface area contributed by atoms with Crippen molar-refractivity contribution in [2.24, 2.45) is 5.73 Å². The lowest BCUT2D eigenvalue weighted by atomic mass is 10.3. The Morgan fingerprint density at radius 3 is 1.70 bits per heavy atom. The zero-order chi connectivity index (χ0) is 14.5. The van der Waals surface area contributed by atoms with Crippen LogP contribution >= 0.6 is 0 Å². The summed E-state index contributed by atoms with van der Waals surface area (Å²) < 4.78 is 21.3. The SMILES string of the molecule is NCCOCCOc1ccc(OCCOCCO)cc1. The van der Waals surface area contributed by atoms with Crippen LogP contribution in [0.25, 0.3) is 0 Å². The van der Waals surface area contributed by atoms with E-state index < -0.39 is 0 Å². The lowest BCUT2D eigenvalue weighted by Crippen LogP contribution is -2.13. The van der Waals surface area contributed by atoms with E-state index in [9.17, 15) is 0 Å². The Labute approximate surface area is 119 Å². The Kier molecular flexibility index (Phi) is 9.60. The fourth-order valence-corrected chi connectivity index (χ4v) is 1.42. The maximum Gasteiger partial charge on any atom is 0.119 e. The molecule has 1 aromatic rings. The highest BCUT2D eigenvalue weighted by Crippen LogP contribution is 2.17. The molecule has 0 unspecified atom stereocenters. The zero-order valence-corrected chi connectivity index (χ0v) is 11.6. The number of ether oxygens (including phenoxy) is 4. The first-order valence-electron chi connectivity index (χ1n) is 6.69. The van der Waals surface area contributed by atoms with E-state index in [1.54, 1.807) is 0 Å². The maximum absolute atomic E-state index is 8.54. The molecule has 0 amide bonds. The Morgan fingerprint density at radius 2 is 1.25 bits per heavy atom. The van der Waals surface area contributed by atoms with Crippen LogP contribution in [0.5, 0.6) is 11.5 Å². The van der Waals surface area contributed by atoms with Crippen molar-refractivity contribution in [2.75, 3.05) is 52.8 Å². The summed E-state index contributed by atoms with van der Waals surface area (Å²) in [5.74, 6) is 1.52. The predicted octanol–water partition coefficient (Wildman–Crippen LogP) is 0.428. The molecule has 0 aliphatic heterocycles. The third-order valence-corrected chi connectivity index (χ3v) is 2.31. The molecule has 6 nitrogen and oxygen atoms in total. The molecule has 0 aliphatic rings. The second-order valence-corrected chi connectivity index (χ2v) is 3.91. The van der Waals surface area contributed by atoms with Gasteiger partial charge >= 0.3 is 0 Å². The summed E-state index contributed by atoms with van der Waals surface area (Å²) in [6.07, 6.45) is 0. The Balaban J connectivity index is 2.13. The minimum absolute atomic E-state index is 0.0288. The third kappa shape index (κ3) is 7.96. The molecular weight excluding hydrogens is 262 g/mol. The fourth-order valence-electron chi connectivity index (χ4n) is 1.42. The molecule has 0 heterocycles. The van der Waals surface area contributed by atoms with Crippen molar-refractivity contribution in [1.82, 2.24) is 0 Å². The van der Waals surface area contributed by atoms with Crippen LogP contribution in [0.3, 0.4) is 0 Å². The first-order chi connectivity index (χ1) is 9.86. The quantitative estimate of drug-likeness (QED) is 0.542. The summed E-state index contributed by atoms with van der Waals surface area (Å²) in [5, 5.41) is 8.54. The number of benzene rings is 1. The summed E-state index contributed by atoms with van der Waals surface area (Å²) in [6, 6.07) is 7.35. The molecular formula is C14H23NO5. The van der Waals surface area contributed by atoms with Gasteiger partial charge in [-0.3, -0.25) is 0 Å². The van der Waals surface area contributed by atoms with Crippen molar-refractivity contribution < 1.29 is 24.1 Å². The Morgan fingerprint density at radius 1 is 0.750 bits per heavy atom. The van der Waals surface area contributed by atoms with E-state index in [1.807, 2.05) is 24.3 Å². The number of hydrogen-bond donors (Lipinski definition) is 2. The normalized spacial score (nSPS) is 10.5. The van der Waals surface area contributed by atoms with Gasteiger partial charge in [-0.25, -0.2) is 0 Å². The molecule has 1 aromatic carbocycles. The summed E-state index contributed by atoms with van der Waals surface area (Å²) in [5.41, 5.74) is 5.30. The second-order valence-electron chi connectivity index (χ2n) is 3.91. The highest BCUT2D eigenvalue weighted by Gasteiger charge is 1.97. The van der Waals surface area contributed by atoms with E-state index >= 15 is 0 Å². The standard InChI is InChI=1S/C14H23NO5/c15-5-7-17-9-11-19-13-1-3-14(4-2-13)20-12-10-18-8-6-16/h1-4,16H,5-12,15H2. The van der Waals surface area contributed by atoms with E-state index in [-0.39, 0.29) is 6.61 Å². The van der Waals surface area contributed by atoms with Crippen LogP contribution in [0, 0.1) is 0 Å². The second kappa shape index (κ2) is 11.5. The molecule has 6 heteroatoms. The minimum atomic E-state index is 0.0288. The summed E-state index contributed by atoms with van der Waals surface area (Å²) in [7, 11) is 0. The Bertz CT molecular complexity index is 298. The van der Waals surface area contributed by atoms with Crippen LogP contribution in [0.15, 0.2) is 24.3 Å². The van der Waals surface area contributed by atoms with Crippen molar-refractivity contribution in [1.29, 1.82) is 0 Å². The molecule has 0 radical (unpaired) electrons. The number of aliphatic hydroxyl groups is 1. The van der Waals surface area contributed by atoms with Gasteiger partial charge in [0.25, 0.3) is 0 Å². The minimum Gasteiger partial charge on any atom is -0.491 e. The molecule has 0 spiro atoms. The molecule has 0 bridgehead atoms. The van der Waals surface area contributed by atoms with Gasteiger partial charge in [-0.05, 0) is 24.3 Å². The average molecular weight is 285 g/mol. The van der Waals surface area contributed by atoms with E-state index in [2.05, 4.69) is 0 Å². The van der Waals surface area contributed by atoms with Crippen LogP contribution in [0.1, 0.15) is 0 Å². The first kappa shape index (κ1) is 16.7. The fraction of sp³-hybridized carbons (Fsp3) is 0.571. The number of nitrogens with two attached hydrogens (primary N) is 1. The molecule has 0 aromatic heterocycles. The molecule has 1 rings (SSSR count). The van der Waals surface area contributed by atoms with Gasteiger partial charge in [0, 0.05) is 6.54 Å². The molecule has 0 saturated carbocycles. The van der Waals surface area contributed by atoms with Gasteiger partial charge in [-0.1, -0.05) is 0 Å². The monoisotopic (exact) mass is 285 g/mol. The maximum atomic E-state index is 8.54. The van der Waals surface area contributed by atoms with E-state index in [0.717, 1.165) is 11.5 Å². The van der Waals surface area contributed by atoms with Gasteiger partial charge in [0.05, 0.1) is 33.0 Å². The van der Waals surface area contributed by atoms with Crippen molar-refractivity contribution >= 4 is 0 Å². The van der Waals surface area contributed by atoms with Crippen LogP contribution < -0.4 is 15.2 Å². The molecule has 3 N–H and O–H groups in total. The van der Waals surface area contributed by atoms with E-state index in [1.165, 1.54) is 0 Å². The molecule has 0 fully saturated rings. The average Bonchev–Trinajstić information content (AvgIpc) is 2.48. The highest BCUT2D eigenvalue weighted by molar-refractivity contribution is 5.31. The Hall–Kier alpha value is -1.34. The van der Waals surface area contributed by atoms with Crippen LogP contribution in [0.2, 0.25) is 0 Å². The van der Waals surface area contributed by atoms with E-state index in [4.69, 9.17) is 29.8 Å². The topological polar surface area (TPSA) is 83.2 Å².